The van der Waals surface area contributed by atoms with Crippen LogP contribution in [0.1, 0.15) is 0 Å². The van der Waals surface area contributed by atoms with Crippen molar-refractivity contribution in [1.82, 2.24) is 10.2 Å². The molecule has 0 unspecified atom stereocenters. The minimum absolute atomic E-state index is 0.221. The molecule has 0 bridgehead atoms. The molecule has 2 aromatic carbocycles. The SMILES string of the molecule is CN(CC(=O)Nc1cccc(F)c1)C(=O)CNC(=O)COc1ccccc1. The Morgan fingerprint density at radius 1 is 1.04 bits per heavy atom. The molecule has 0 aliphatic heterocycles. The molecule has 2 N–H and O–H groups in total. The molecule has 0 aliphatic carbocycles. The zero-order valence-corrected chi connectivity index (χ0v) is 14.8. The third-order valence-corrected chi connectivity index (χ3v) is 3.46. The molecule has 0 fully saturated rings. The van der Waals surface area contributed by atoms with E-state index in [1.807, 2.05) is 6.07 Å². The summed E-state index contributed by atoms with van der Waals surface area (Å²) in [6, 6.07) is 14.2. The van der Waals surface area contributed by atoms with Crippen LogP contribution in [0.25, 0.3) is 0 Å². The van der Waals surface area contributed by atoms with Crippen molar-refractivity contribution < 1.29 is 23.5 Å². The number of amides is 3. The summed E-state index contributed by atoms with van der Waals surface area (Å²) in [6.45, 7) is -0.715. The fourth-order valence-electron chi connectivity index (χ4n) is 2.10. The highest BCUT2D eigenvalue weighted by Crippen LogP contribution is 2.09. The molecule has 0 aromatic heterocycles. The second-order valence-corrected chi connectivity index (χ2v) is 5.69. The molecule has 0 aliphatic rings. The van der Waals surface area contributed by atoms with E-state index >= 15 is 0 Å². The van der Waals surface area contributed by atoms with Crippen LogP contribution in [0, 0.1) is 5.82 Å². The van der Waals surface area contributed by atoms with Crippen LogP contribution in [0.15, 0.2) is 54.6 Å². The smallest absolute Gasteiger partial charge is 0.258 e. The number of para-hydroxylation sites is 1. The largest absolute Gasteiger partial charge is 0.484 e. The zero-order chi connectivity index (χ0) is 19.6. The molecule has 2 aromatic rings. The fourth-order valence-corrected chi connectivity index (χ4v) is 2.10. The molecule has 0 atom stereocenters. The molecule has 27 heavy (non-hydrogen) atoms. The summed E-state index contributed by atoms with van der Waals surface area (Å²) in [5, 5.41) is 4.92. The summed E-state index contributed by atoms with van der Waals surface area (Å²) < 4.78 is 18.4. The van der Waals surface area contributed by atoms with E-state index in [1.165, 1.54) is 31.3 Å². The number of carbonyl (C=O) groups is 3. The maximum Gasteiger partial charge on any atom is 0.258 e. The van der Waals surface area contributed by atoms with Gasteiger partial charge in [-0.2, -0.15) is 0 Å². The molecule has 0 saturated heterocycles. The van der Waals surface area contributed by atoms with Crippen molar-refractivity contribution in [1.29, 1.82) is 0 Å². The quantitative estimate of drug-likeness (QED) is 0.733. The third kappa shape index (κ3) is 7.15. The molecule has 0 radical (unpaired) electrons. The Morgan fingerprint density at radius 2 is 1.78 bits per heavy atom. The van der Waals surface area contributed by atoms with Gasteiger partial charge in [0.05, 0.1) is 13.1 Å². The lowest BCUT2D eigenvalue weighted by molar-refractivity contribution is -0.134. The Hall–Kier alpha value is -3.42. The first-order chi connectivity index (χ1) is 12.9. The molecule has 142 valence electrons. The number of carbonyl (C=O) groups excluding carboxylic acids is 3. The van der Waals surface area contributed by atoms with Gasteiger partial charge in [-0.25, -0.2) is 4.39 Å². The highest BCUT2D eigenvalue weighted by atomic mass is 19.1. The Morgan fingerprint density at radius 3 is 2.48 bits per heavy atom. The maximum atomic E-state index is 13.1. The van der Waals surface area contributed by atoms with Gasteiger partial charge < -0.3 is 20.3 Å². The fraction of sp³-hybridized carbons (Fsp3) is 0.211. The average Bonchev–Trinajstić information content (AvgIpc) is 2.65. The number of halogens is 1. The summed E-state index contributed by atoms with van der Waals surface area (Å²) in [6.07, 6.45) is 0. The van der Waals surface area contributed by atoms with Crippen LogP contribution in [0.5, 0.6) is 5.75 Å². The topological polar surface area (TPSA) is 87.7 Å². The molecular weight excluding hydrogens is 353 g/mol. The van der Waals surface area contributed by atoms with Gasteiger partial charge in [0, 0.05) is 12.7 Å². The summed E-state index contributed by atoms with van der Waals surface area (Å²) in [7, 11) is 1.43. The van der Waals surface area contributed by atoms with Crippen molar-refractivity contribution >= 4 is 23.4 Å². The van der Waals surface area contributed by atoms with E-state index in [-0.39, 0.29) is 19.7 Å². The van der Waals surface area contributed by atoms with Crippen LogP contribution in [0.3, 0.4) is 0 Å². The second-order valence-electron chi connectivity index (χ2n) is 5.69. The normalized spacial score (nSPS) is 10.0. The van der Waals surface area contributed by atoms with E-state index in [4.69, 9.17) is 4.74 Å². The minimum Gasteiger partial charge on any atom is -0.484 e. The Bertz CT molecular complexity index is 799. The maximum absolute atomic E-state index is 13.1. The van der Waals surface area contributed by atoms with Gasteiger partial charge in [0.25, 0.3) is 5.91 Å². The summed E-state index contributed by atoms with van der Waals surface area (Å²) in [5.74, 6) is -1.31. The van der Waals surface area contributed by atoms with E-state index in [0.717, 1.165) is 4.90 Å². The molecule has 0 spiro atoms. The van der Waals surface area contributed by atoms with Crippen LogP contribution in [-0.4, -0.2) is 49.4 Å². The monoisotopic (exact) mass is 373 g/mol. The average molecular weight is 373 g/mol. The lowest BCUT2D eigenvalue weighted by Crippen LogP contribution is -2.42. The number of hydrogen-bond acceptors (Lipinski definition) is 4. The van der Waals surface area contributed by atoms with Gasteiger partial charge in [-0.3, -0.25) is 14.4 Å². The van der Waals surface area contributed by atoms with Crippen molar-refractivity contribution in [2.75, 3.05) is 32.1 Å². The van der Waals surface area contributed by atoms with Crippen LogP contribution < -0.4 is 15.4 Å². The highest BCUT2D eigenvalue weighted by molar-refractivity contribution is 5.95. The number of anilines is 1. The van der Waals surface area contributed by atoms with Crippen molar-refractivity contribution in [2.45, 2.75) is 0 Å². The number of nitrogens with zero attached hydrogens (tertiary/aromatic N) is 1. The van der Waals surface area contributed by atoms with E-state index in [1.54, 1.807) is 24.3 Å². The van der Waals surface area contributed by atoms with Crippen molar-refractivity contribution in [3.63, 3.8) is 0 Å². The van der Waals surface area contributed by atoms with Crippen LogP contribution in [-0.2, 0) is 14.4 Å². The predicted octanol–water partition coefficient (Wildman–Crippen LogP) is 1.42. The molecule has 8 heteroatoms. The van der Waals surface area contributed by atoms with E-state index in [9.17, 15) is 18.8 Å². The van der Waals surface area contributed by atoms with Gasteiger partial charge in [-0.15, -0.1) is 0 Å². The van der Waals surface area contributed by atoms with Crippen LogP contribution >= 0.6 is 0 Å². The van der Waals surface area contributed by atoms with Gasteiger partial charge in [0.1, 0.15) is 11.6 Å². The standard InChI is InChI=1S/C19H20FN3O4/c1-23(12-17(24)22-15-7-5-6-14(20)10-15)19(26)11-21-18(25)13-27-16-8-3-2-4-9-16/h2-10H,11-13H2,1H3,(H,21,25)(H,22,24). The second kappa shape index (κ2) is 9.91. The Labute approximate surface area is 156 Å². The van der Waals surface area contributed by atoms with E-state index in [0.29, 0.717) is 11.4 Å². The Balaban J connectivity index is 1.69. The lowest BCUT2D eigenvalue weighted by atomic mass is 10.3. The number of nitrogens with one attached hydrogen (secondary N) is 2. The number of hydrogen-bond donors (Lipinski definition) is 2. The first-order valence-corrected chi connectivity index (χ1v) is 8.18. The molecule has 2 rings (SSSR count). The number of likely N-dealkylation sites (N-methyl/N-ethyl adjacent to an activating group) is 1. The minimum atomic E-state index is -0.477. The van der Waals surface area contributed by atoms with Gasteiger partial charge in [0.2, 0.25) is 11.8 Å². The first-order valence-electron chi connectivity index (χ1n) is 8.18. The van der Waals surface area contributed by atoms with Crippen molar-refractivity contribution in [3.8, 4) is 5.75 Å². The van der Waals surface area contributed by atoms with Crippen LogP contribution in [0.4, 0.5) is 10.1 Å². The van der Waals surface area contributed by atoms with Gasteiger partial charge in [-0.1, -0.05) is 24.3 Å². The van der Waals surface area contributed by atoms with E-state index < -0.39 is 23.5 Å². The highest BCUT2D eigenvalue weighted by Gasteiger charge is 2.14. The number of rotatable bonds is 8. The van der Waals surface area contributed by atoms with Crippen LogP contribution in [0.2, 0.25) is 0 Å². The number of ether oxygens (including phenoxy) is 1. The number of benzene rings is 2. The summed E-state index contributed by atoms with van der Waals surface area (Å²) in [4.78, 5) is 36.8. The predicted molar refractivity (Wildman–Crippen MR) is 97.6 cm³/mol. The van der Waals surface area contributed by atoms with Gasteiger partial charge in [0.15, 0.2) is 6.61 Å². The van der Waals surface area contributed by atoms with Gasteiger partial charge >= 0.3 is 0 Å². The zero-order valence-electron chi connectivity index (χ0n) is 14.8. The Kier molecular flexibility index (Phi) is 7.30. The molecule has 0 saturated carbocycles. The van der Waals surface area contributed by atoms with Crippen molar-refractivity contribution in [2.24, 2.45) is 0 Å². The summed E-state index contributed by atoms with van der Waals surface area (Å²) >= 11 is 0. The summed E-state index contributed by atoms with van der Waals surface area (Å²) in [5.41, 5.74) is 0.298. The van der Waals surface area contributed by atoms with E-state index in [2.05, 4.69) is 10.6 Å². The molecular formula is C19H20FN3O4. The molecule has 3 amide bonds. The third-order valence-electron chi connectivity index (χ3n) is 3.46. The van der Waals surface area contributed by atoms with Gasteiger partial charge in [-0.05, 0) is 30.3 Å². The first kappa shape index (κ1) is 19.9. The van der Waals surface area contributed by atoms with Crippen molar-refractivity contribution in [3.05, 3.63) is 60.4 Å². The molecule has 7 nitrogen and oxygen atoms in total. The lowest BCUT2D eigenvalue weighted by Gasteiger charge is -2.17. The molecule has 0 heterocycles.